The van der Waals surface area contributed by atoms with Gasteiger partial charge < -0.3 is 9.80 Å². The van der Waals surface area contributed by atoms with Crippen LogP contribution < -0.4 is 4.90 Å². The van der Waals surface area contributed by atoms with Crippen molar-refractivity contribution in [3.8, 4) is 5.69 Å². The van der Waals surface area contributed by atoms with Crippen LogP contribution in [0.3, 0.4) is 0 Å². The predicted molar refractivity (Wildman–Crippen MR) is 115 cm³/mol. The summed E-state index contributed by atoms with van der Waals surface area (Å²) >= 11 is 0. The number of para-hydroxylation sites is 1. The second-order valence-electron chi connectivity index (χ2n) is 8.19. The van der Waals surface area contributed by atoms with E-state index in [2.05, 4.69) is 10.1 Å². The number of anilines is 1. The van der Waals surface area contributed by atoms with E-state index in [4.69, 9.17) is 0 Å². The van der Waals surface area contributed by atoms with E-state index >= 15 is 0 Å². The Labute approximate surface area is 182 Å². The highest BCUT2D eigenvalue weighted by molar-refractivity contribution is 6.05. The van der Waals surface area contributed by atoms with Gasteiger partial charge in [0.25, 0.3) is 0 Å². The van der Waals surface area contributed by atoms with E-state index in [-0.39, 0.29) is 29.6 Å². The zero-order chi connectivity index (χ0) is 21.8. The summed E-state index contributed by atoms with van der Waals surface area (Å²) in [6.07, 6.45) is 6.31. The van der Waals surface area contributed by atoms with Crippen LogP contribution >= 0.6 is 0 Å². The maximum atomic E-state index is 14.3. The summed E-state index contributed by atoms with van der Waals surface area (Å²) in [5, 5.41) is 5.18. The van der Waals surface area contributed by atoms with Gasteiger partial charge in [0.05, 0.1) is 23.3 Å². The van der Waals surface area contributed by atoms with Crippen molar-refractivity contribution < 1.29 is 14.0 Å². The Hall–Kier alpha value is -4.01. The summed E-state index contributed by atoms with van der Waals surface area (Å²) in [5.41, 5.74) is 1.85. The number of likely N-dealkylation sites (tertiary alicyclic amines) is 1. The van der Waals surface area contributed by atoms with Crippen molar-refractivity contribution >= 4 is 28.5 Å². The van der Waals surface area contributed by atoms with Gasteiger partial charge in [-0.2, -0.15) is 5.10 Å². The van der Waals surface area contributed by atoms with Gasteiger partial charge in [-0.05, 0) is 24.3 Å². The van der Waals surface area contributed by atoms with Crippen LogP contribution in [0.5, 0.6) is 0 Å². The van der Waals surface area contributed by atoms with E-state index in [9.17, 15) is 14.0 Å². The molecule has 2 saturated heterocycles. The van der Waals surface area contributed by atoms with Gasteiger partial charge in [0.1, 0.15) is 17.8 Å². The molecule has 0 N–H and O–H groups in total. The zero-order valence-electron chi connectivity index (χ0n) is 17.0. The van der Waals surface area contributed by atoms with Crippen LogP contribution in [-0.4, -0.2) is 55.8 Å². The molecule has 2 atom stereocenters. The molecule has 2 aromatic carbocycles. The van der Waals surface area contributed by atoms with Gasteiger partial charge in [-0.1, -0.05) is 18.2 Å². The maximum Gasteiger partial charge on any atom is 0.329 e. The minimum Gasteiger partial charge on any atom is -0.323 e. The summed E-state index contributed by atoms with van der Waals surface area (Å²) in [6.45, 7) is 1.44. The number of benzene rings is 2. The third-order valence-corrected chi connectivity index (χ3v) is 6.40. The van der Waals surface area contributed by atoms with E-state index in [1.807, 2.05) is 18.2 Å². The van der Waals surface area contributed by atoms with Gasteiger partial charge in [-0.3, -0.25) is 9.36 Å². The molecule has 2 aliphatic rings. The Kier molecular flexibility index (Phi) is 4.11. The Morgan fingerprint density at radius 3 is 2.66 bits per heavy atom. The normalized spacial score (nSPS) is 20.3. The van der Waals surface area contributed by atoms with Crippen LogP contribution in [-0.2, 0) is 4.79 Å². The monoisotopic (exact) mass is 430 g/mol. The quantitative estimate of drug-likeness (QED) is 0.490. The number of hydrogen-bond acceptors (Lipinski definition) is 4. The van der Waals surface area contributed by atoms with Crippen LogP contribution in [0.1, 0.15) is 0 Å². The first kappa shape index (κ1) is 18.7. The van der Waals surface area contributed by atoms with Crippen molar-refractivity contribution in [2.45, 2.75) is 0 Å². The van der Waals surface area contributed by atoms with Crippen molar-refractivity contribution in [2.75, 3.05) is 24.5 Å². The third kappa shape index (κ3) is 2.74. The molecule has 32 heavy (non-hydrogen) atoms. The van der Waals surface area contributed by atoms with Crippen molar-refractivity contribution in [1.29, 1.82) is 0 Å². The smallest absolute Gasteiger partial charge is 0.323 e. The molecule has 0 bridgehead atoms. The molecular weight excluding hydrogens is 411 g/mol. The highest BCUT2D eigenvalue weighted by atomic mass is 19.1. The minimum atomic E-state index is -0.364. The van der Waals surface area contributed by atoms with Crippen LogP contribution in [0.15, 0.2) is 67.4 Å². The summed E-state index contributed by atoms with van der Waals surface area (Å²) < 4.78 is 17.3. The molecule has 0 unspecified atom stereocenters. The summed E-state index contributed by atoms with van der Waals surface area (Å²) in [5.74, 6) is -0.536. The maximum absolute atomic E-state index is 14.3. The van der Waals surface area contributed by atoms with Crippen LogP contribution in [0.4, 0.5) is 14.9 Å². The van der Waals surface area contributed by atoms with Crippen LogP contribution in [0.25, 0.3) is 16.6 Å². The molecule has 4 aromatic rings. The van der Waals surface area contributed by atoms with E-state index in [0.29, 0.717) is 25.3 Å². The first-order valence-corrected chi connectivity index (χ1v) is 10.4. The number of imidazole rings is 1. The largest absolute Gasteiger partial charge is 0.329 e. The predicted octanol–water partition coefficient (Wildman–Crippen LogP) is 2.92. The lowest BCUT2D eigenvalue weighted by Crippen LogP contribution is -2.37. The molecule has 2 aromatic heterocycles. The number of amides is 2. The molecule has 2 amide bonds. The SMILES string of the molecule is O=C1[C@H]2CN(C(=O)n3ccnc3)C[C@H]2CN1c1cccc2c1cnn2-c1ccccc1F. The highest BCUT2D eigenvalue weighted by Gasteiger charge is 2.48. The molecule has 6 rings (SSSR count). The Bertz CT molecular complexity index is 1350. The number of carbonyl (C=O) groups excluding carboxylic acids is 2. The van der Waals surface area contributed by atoms with E-state index in [0.717, 1.165) is 16.6 Å². The number of nitrogens with zero attached hydrogens (tertiary/aromatic N) is 6. The molecular formula is C23H19FN6O2. The van der Waals surface area contributed by atoms with Crippen molar-refractivity contribution in [1.82, 2.24) is 24.2 Å². The van der Waals surface area contributed by atoms with E-state index < -0.39 is 0 Å². The standard InChI is InChI=1S/C23H19FN6O2/c24-18-4-1-2-5-21(18)30-20-7-3-6-19(16(20)10-26-30)29-12-15-11-28(13-17(15)22(29)31)23(32)27-9-8-25-14-27/h1-10,14-15,17H,11-13H2/t15-,17-/m0/s1. The molecule has 0 radical (unpaired) electrons. The highest BCUT2D eigenvalue weighted by Crippen LogP contribution is 2.38. The molecule has 8 nitrogen and oxygen atoms in total. The Balaban J connectivity index is 1.29. The summed E-state index contributed by atoms with van der Waals surface area (Å²) in [6, 6.07) is 11.9. The lowest BCUT2D eigenvalue weighted by atomic mass is 10.0. The average molecular weight is 430 g/mol. The fourth-order valence-electron chi connectivity index (χ4n) is 4.86. The second-order valence-corrected chi connectivity index (χ2v) is 8.19. The van der Waals surface area contributed by atoms with Gasteiger partial charge >= 0.3 is 6.03 Å². The molecule has 2 fully saturated rings. The minimum absolute atomic E-state index is 0.00192. The fraction of sp³-hybridized carbons (Fsp3) is 0.217. The molecule has 0 aliphatic carbocycles. The van der Waals surface area contributed by atoms with Crippen LogP contribution in [0, 0.1) is 17.7 Å². The van der Waals surface area contributed by atoms with Crippen molar-refractivity contribution in [3.05, 3.63) is 73.2 Å². The van der Waals surface area contributed by atoms with Crippen molar-refractivity contribution in [2.24, 2.45) is 11.8 Å². The zero-order valence-corrected chi connectivity index (χ0v) is 17.0. The topological polar surface area (TPSA) is 76.3 Å². The van der Waals surface area contributed by atoms with E-state index in [1.165, 1.54) is 17.0 Å². The number of halogens is 1. The van der Waals surface area contributed by atoms with Gasteiger partial charge in [0.2, 0.25) is 5.91 Å². The van der Waals surface area contributed by atoms with Gasteiger partial charge in [-0.25, -0.2) is 18.9 Å². The van der Waals surface area contributed by atoms with Gasteiger partial charge in [-0.15, -0.1) is 0 Å². The molecule has 2 aliphatic heterocycles. The fourth-order valence-corrected chi connectivity index (χ4v) is 4.86. The lowest BCUT2D eigenvalue weighted by Gasteiger charge is -2.22. The number of fused-ring (bicyclic) bond motifs is 2. The lowest BCUT2D eigenvalue weighted by molar-refractivity contribution is -0.120. The Morgan fingerprint density at radius 1 is 1.03 bits per heavy atom. The Morgan fingerprint density at radius 2 is 1.88 bits per heavy atom. The molecule has 0 saturated carbocycles. The van der Waals surface area contributed by atoms with Gasteiger partial charge in [0, 0.05) is 43.3 Å². The first-order valence-electron chi connectivity index (χ1n) is 10.4. The molecule has 4 heterocycles. The second kappa shape index (κ2) is 7.01. The molecule has 160 valence electrons. The summed E-state index contributed by atoms with van der Waals surface area (Å²) in [4.78, 5) is 33.3. The van der Waals surface area contributed by atoms with Crippen molar-refractivity contribution in [3.63, 3.8) is 0 Å². The summed E-state index contributed by atoms with van der Waals surface area (Å²) in [7, 11) is 0. The average Bonchev–Trinajstić information content (AvgIpc) is 3.59. The number of rotatable bonds is 2. The van der Waals surface area contributed by atoms with Crippen LogP contribution in [0.2, 0.25) is 0 Å². The third-order valence-electron chi connectivity index (χ3n) is 6.40. The first-order chi connectivity index (χ1) is 15.6. The number of carbonyl (C=O) groups is 2. The molecule has 0 spiro atoms. The number of hydrogen-bond donors (Lipinski definition) is 0. The van der Waals surface area contributed by atoms with E-state index in [1.54, 1.807) is 51.3 Å². The van der Waals surface area contributed by atoms with Gasteiger partial charge in [0.15, 0.2) is 0 Å². The molecule has 9 heteroatoms. The number of aromatic nitrogens is 4.